The predicted molar refractivity (Wildman–Crippen MR) is 123 cm³/mol. The summed E-state index contributed by atoms with van der Waals surface area (Å²) >= 11 is 1.09. The van der Waals surface area contributed by atoms with Crippen LogP contribution in [0.5, 0.6) is 11.5 Å². The number of hydrogen-bond acceptors (Lipinski definition) is 6. The number of nitriles is 3. The van der Waals surface area contributed by atoms with Crippen LogP contribution in [0.25, 0.3) is 33.4 Å². The van der Waals surface area contributed by atoms with Gasteiger partial charge in [-0.3, -0.25) is 0 Å². The number of allylic oxidation sites excluding steroid dienone is 2. The molecule has 0 N–H and O–H groups in total. The minimum atomic E-state index is -4.97. The Morgan fingerprint density at radius 2 is 1.13 bits per heavy atom. The molecule has 2 aliphatic rings. The molecule has 0 spiro atoms. The van der Waals surface area contributed by atoms with Gasteiger partial charge in [0.1, 0.15) is 29.2 Å². The highest BCUT2D eigenvalue weighted by molar-refractivity contribution is 7.16. The number of fused-ring (bicyclic) bond motifs is 7. The van der Waals surface area contributed by atoms with Gasteiger partial charge in [-0.2, -0.15) is 15.8 Å². The third-order valence-corrected chi connectivity index (χ3v) is 7.13. The molecule has 0 radical (unpaired) electrons. The van der Waals surface area contributed by atoms with E-state index >= 15 is 0 Å². The second kappa shape index (κ2) is 8.41. The Morgan fingerprint density at radius 1 is 0.684 bits per heavy atom. The molecule has 12 heteroatoms. The lowest BCUT2D eigenvalue weighted by Crippen LogP contribution is -2.17. The van der Waals surface area contributed by atoms with E-state index in [1.165, 1.54) is 25.1 Å². The van der Waals surface area contributed by atoms with Crippen LogP contribution >= 0.6 is 11.3 Å². The molecule has 188 valence electrons. The molecule has 1 heterocycles. The van der Waals surface area contributed by atoms with Gasteiger partial charge in [0.05, 0.1) is 6.07 Å². The summed E-state index contributed by atoms with van der Waals surface area (Å²) in [5, 5.41) is 28.8. The number of benzene rings is 2. The summed E-state index contributed by atoms with van der Waals surface area (Å²) in [6.07, 6.45) is -9.91. The van der Waals surface area contributed by atoms with Gasteiger partial charge < -0.3 is 9.47 Å². The summed E-state index contributed by atoms with van der Waals surface area (Å²) in [5.74, 6) is -1.04. The highest BCUT2D eigenvalue weighted by atomic mass is 32.1. The molecule has 3 aromatic rings. The van der Waals surface area contributed by atoms with Crippen molar-refractivity contribution < 1.29 is 35.8 Å². The molecule has 0 atom stereocenters. The van der Waals surface area contributed by atoms with E-state index in [1.807, 2.05) is 6.07 Å². The standard InChI is InChI=1S/C26H9F6N3O2S/c1-11(8-33)19-17-6-13(36-25(27,28)29)2-4-15(17)21-22-16-5-3-14(37-26(30,31)32)7-18(16)20(12(9-34)10-35)24(22)38-23(19)21/h2-7H,1H3/b19-11+. The molecule has 2 aromatic carbocycles. The molecule has 2 aliphatic carbocycles. The van der Waals surface area contributed by atoms with Gasteiger partial charge in [0.25, 0.3) is 0 Å². The SMILES string of the molecule is C/C(C#N)=C1/c2cc(OC(F)(F)F)ccc2-c2c1sc1c2-c2ccc(OC(F)(F)F)cc2C1=C(C#N)C#N. The molecule has 5 nitrogen and oxygen atoms in total. The quantitative estimate of drug-likeness (QED) is 0.169. The number of rotatable bonds is 2. The van der Waals surface area contributed by atoms with Crippen LogP contribution in [0.4, 0.5) is 26.3 Å². The van der Waals surface area contributed by atoms with Crippen LogP contribution in [0, 0.1) is 34.0 Å². The Kier molecular flexibility index (Phi) is 5.52. The zero-order valence-corrected chi connectivity index (χ0v) is 19.6. The first-order chi connectivity index (χ1) is 17.9. The summed E-state index contributed by atoms with van der Waals surface area (Å²) in [5.41, 5.74) is 2.70. The lowest BCUT2D eigenvalue weighted by atomic mass is 9.98. The molecule has 0 aliphatic heterocycles. The average molecular weight is 541 g/mol. The van der Waals surface area contributed by atoms with Crippen LogP contribution in [-0.2, 0) is 0 Å². The smallest absolute Gasteiger partial charge is 0.406 e. The normalized spacial score (nSPS) is 14.4. The topological polar surface area (TPSA) is 89.8 Å². The first-order valence-corrected chi connectivity index (χ1v) is 11.3. The van der Waals surface area contributed by atoms with Gasteiger partial charge in [0.2, 0.25) is 0 Å². The van der Waals surface area contributed by atoms with Gasteiger partial charge in [-0.1, -0.05) is 0 Å². The van der Waals surface area contributed by atoms with E-state index in [2.05, 4.69) is 9.47 Å². The highest BCUT2D eigenvalue weighted by Crippen LogP contribution is 2.61. The van der Waals surface area contributed by atoms with Gasteiger partial charge in [-0.05, 0) is 65.6 Å². The van der Waals surface area contributed by atoms with E-state index in [0.717, 1.165) is 29.5 Å². The van der Waals surface area contributed by atoms with Crippen LogP contribution in [0.2, 0.25) is 0 Å². The summed E-state index contributed by atoms with van der Waals surface area (Å²) in [6.45, 7) is 1.50. The monoisotopic (exact) mass is 541 g/mol. The Morgan fingerprint density at radius 3 is 1.55 bits per heavy atom. The van der Waals surface area contributed by atoms with E-state index in [1.54, 1.807) is 12.1 Å². The second-order valence-corrected chi connectivity index (χ2v) is 9.13. The van der Waals surface area contributed by atoms with E-state index in [0.29, 0.717) is 43.1 Å². The molecule has 1 aromatic heterocycles. The fourth-order valence-corrected chi connectivity index (χ4v) is 6.16. The third kappa shape index (κ3) is 3.94. The van der Waals surface area contributed by atoms with Crippen LogP contribution < -0.4 is 9.47 Å². The fourth-order valence-electron chi connectivity index (χ4n) is 4.65. The molecular weight excluding hydrogens is 532 g/mol. The van der Waals surface area contributed by atoms with Crippen molar-refractivity contribution in [2.75, 3.05) is 0 Å². The number of halogens is 6. The molecule has 0 fully saturated rings. The third-order valence-electron chi connectivity index (χ3n) is 5.91. The zero-order chi connectivity index (χ0) is 27.6. The summed E-state index contributed by atoms with van der Waals surface area (Å²) in [6, 6.07) is 12.8. The van der Waals surface area contributed by atoms with Gasteiger partial charge in [0, 0.05) is 37.6 Å². The van der Waals surface area contributed by atoms with Crippen LogP contribution in [-0.4, -0.2) is 12.7 Å². The number of alkyl halides is 6. The van der Waals surface area contributed by atoms with Crippen molar-refractivity contribution >= 4 is 22.5 Å². The fraction of sp³-hybridized carbons (Fsp3) is 0.115. The molecule has 0 amide bonds. The zero-order valence-electron chi connectivity index (χ0n) is 18.8. The number of hydrogen-bond donors (Lipinski definition) is 0. The molecule has 5 rings (SSSR count). The van der Waals surface area contributed by atoms with Crippen molar-refractivity contribution in [1.82, 2.24) is 0 Å². The van der Waals surface area contributed by atoms with Crippen LogP contribution in [0.15, 0.2) is 47.5 Å². The minimum Gasteiger partial charge on any atom is -0.406 e. The largest absolute Gasteiger partial charge is 0.573 e. The molecule has 0 saturated heterocycles. The van der Waals surface area contributed by atoms with Crippen molar-refractivity contribution in [2.45, 2.75) is 19.6 Å². The molecule has 0 saturated carbocycles. The number of thiophene rings is 1. The minimum absolute atomic E-state index is 0.111. The van der Waals surface area contributed by atoms with Gasteiger partial charge >= 0.3 is 12.7 Å². The van der Waals surface area contributed by atoms with E-state index in [-0.39, 0.29) is 22.3 Å². The maximum Gasteiger partial charge on any atom is 0.573 e. The Labute approximate surface area is 214 Å². The van der Waals surface area contributed by atoms with Gasteiger partial charge in [0.15, 0.2) is 0 Å². The first kappa shape index (κ1) is 24.9. The lowest BCUT2D eigenvalue weighted by molar-refractivity contribution is -0.275. The van der Waals surface area contributed by atoms with E-state index in [9.17, 15) is 42.1 Å². The number of nitrogens with zero attached hydrogens (tertiary/aromatic N) is 3. The molecular formula is C26H9F6N3O2S. The summed E-state index contributed by atoms with van der Waals surface area (Å²) in [4.78, 5) is 0.930. The van der Waals surface area contributed by atoms with Crippen molar-refractivity contribution in [1.29, 1.82) is 15.8 Å². The van der Waals surface area contributed by atoms with Crippen LogP contribution in [0.1, 0.15) is 27.8 Å². The summed E-state index contributed by atoms with van der Waals surface area (Å²) in [7, 11) is 0. The summed E-state index contributed by atoms with van der Waals surface area (Å²) < 4.78 is 85.3. The predicted octanol–water partition coefficient (Wildman–Crippen LogP) is 7.70. The molecule has 38 heavy (non-hydrogen) atoms. The Bertz CT molecular complexity index is 1720. The van der Waals surface area contributed by atoms with Crippen LogP contribution in [0.3, 0.4) is 0 Å². The maximum atomic E-state index is 12.9. The van der Waals surface area contributed by atoms with Gasteiger partial charge in [-0.15, -0.1) is 37.7 Å². The van der Waals surface area contributed by atoms with E-state index < -0.39 is 24.2 Å². The van der Waals surface area contributed by atoms with Crippen molar-refractivity contribution in [2.24, 2.45) is 0 Å². The maximum absolute atomic E-state index is 12.9. The van der Waals surface area contributed by atoms with Gasteiger partial charge in [-0.25, -0.2) is 0 Å². The Hall–Kier alpha value is -4.73. The first-order valence-electron chi connectivity index (χ1n) is 10.5. The second-order valence-electron chi connectivity index (χ2n) is 8.11. The van der Waals surface area contributed by atoms with Crippen molar-refractivity contribution in [3.05, 3.63) is 68.4 Å². The van der Waals surface area contributed by atoms with E-state index in [4.69, 9.17) is 0 Å². The van der Waals surface area contributed by atoms with Crippen molar-refractivity contribution in [3.8, 4) is 52.0 Å². The highest BCUT2D eigenvalue weighted by Gasteiger charge is 2.40. The lowest BCUT2D eigenvalue weighted by Gasteiger charge is -2.12. The Balaban J connectivity index is 1.82. The number of ether oxygens (including phenoxy) is 2. The average Bonchev–Trinajstić information content (AvgIpc) is 3.43. The van der Waals surface area contributed by atoms with Crippen molar-refractivity contribution in [3.63, 3.8) is 0 Å². The molecule has 0 bridgehead atoms. The molecule has 0 unspecified atom stereocenters.